The van der Waals surface area contributed by atoms with Crippen LogP contribution in [0.2, 0.25) is 0 Å². The Kier molecular flexibility index (Phi) is 44.0. The lowest BCUT2D eigenvalue weighted by atomic mass is 9.96. The normalized spacial score (nSPS) is 17.2. The van der Waals surface area contributed by atoms with Crippen LogP contribution in [0.15, 0.2) is 152 Å². The van der Waals surface area contributed by atoms with Gasteiger partial charge in [-0.25, -0.2) is 0 Å². The van der Waals surface area contributed by atoms with E-state index in [2.05, 4.69) is 125 Å². The number of carbonyl (C=O) groups is 2. The molecule has 7 N–H and O–H groups in total. The molecule has 24 heteroatoms. The van der Waals surface area contributed by atoms with Crippen LogP contribution in [-0.2, 0) is 67.3 Å². The van der Waals surface area contributed by atoms with Crippen molar-refractivity contribution in [1.82, 2.24) is 0 Å². The molecule has 0 aliphatic heterocycles. The molecule has 9 aromatic rings. The molecule has 0 aromatic heterocycles. The number of esters is 1. The molecule has 9 aliphatic carbocycles. The topological polar surface area (TPSA) is 318 Å². The fourth-order valence-electron chi connectivity index (χ4n) is 20.5. The Morgan fingerprint density at radius 2 is 0.748 bits per heavy atom. The molecule has 139 heavy (non-hydrogen) atoms. The summed E-state index contributed by atoms with van der Waals surface area (Å²) in [5, 5.41) is 27.5. The van der Waals surface area contributed by atoms with Gasteiger partial charge in [0, 0.05) is 55.1 Å². The lowest BCUT2D eigenvalue weighted by molar-refractivity contribution is -0.143. The summed E-state index contributed by atoms with van der Waals surface area (Å²) in [5.41, 5.74) is 43.4. The standard InChI is InChI=1S/C14H19NO3.C14H15NO3.C14H18O3.C13H19NO.C13H15NO.C12H15BrO.C12H14O4.C12H16O2.C11H13N/c2*1-16-11-8-10-5-4-9(6-7-15)12(10)14(18-3)13(11)17-2;1-3-17-14(15)8-11-5-4-10-6-7-12(16-2)9-13(10)11;2*1-15-12-7-6-11-5-4-10(3-2-8-14)13(11)9-12;1-14-11-5-4-9-2-3-10(6-7-13)12(9)8-11;1-14-9-6-7-4-5-8(13)10(7)12(16-3)11(9)15-2;1-14-11-5-4-9-2-3-10(6-7-13)12(9)8-11;12-8-7-10-6-5-9-3-1-2-4-11(9)10/h6,8H,4-5,7,15H2,1-3H3;6,8H,4-5H2,1-3H3;6-7,9,11H,3-5,8H2,1-2H3;6-7,9-10H,2-5,8,14H2,1H3;6-7,9-10H,2-5H2,1H3;4-5,8,10H,2-3,6-7H2,1H3;6H,4-5H2,1-3H3;4-5,8,10,13H,2-3,6-7H2,1H3;1-4,7H,5-6,8,12H2/b2*9-6+;;;;;;;10-7+. The van der Waals surface area contributed by atoms with Gasteiger partial charge in [-0.15, -0.1) is 0 Å². The zero-order chi connectivity index (χ0) is 99.9. The van der Waals surface area contributed by atoms with Crippen LogP contribution in [0, 0.1) is 22.7 Å². The fraction of sp³-hybridized carbons (Fsp3) is 0.443. The first kappa shape index (κ1) is 109. The maximum Gasteiger partial charge on any atom is 0.306 e. The van der Waals surface area contributed by atoms with Gasteiger partial charge < -0.3 is 93.4 Å². The zero-order valence-electron chi connectivity index (χ0n) is 84.1. The van der Waals surface area contributed by atoms with Crippen molar-refractivity contribution < 1.29 is 85.7 Å². The van der Waals surface area contributed by atoms with E-state index in [-0.39, 0.29) is 18.4 Å². The molecule has 5 atom stereocenters. The number of nitriles is 2. The lowest BCUT2D eigenvalue weighted by Gasteiger charge is -2.16. The summed E-state index contributed by atoms with van der Waals surface area (Å²) >= 11 is 3.52. The number of nitrogens with zero attached hydrogens (tertiary/aromatic N) is 2. The molecule has 744 valence electrons. The van der Waals surface area contributed by atoms with Crippen molar-refractivity contribution in [3.8, 4) is 92.6 Å². The van der Waals surface area contributed by atoms with E-state index in [0.717, 1.165) is 164 Å². The van der Waals surface area contributed by atoms with Gasteiger partial charge in [-0.3, -0.25) is 9.59 Å². The maximum absolute atomic E-state index is 11.7. The Morgan fingerprint density at radius 3 is 1.14 bits per heavy atom. The molecule has 0 fully saturated rings. The van der Waals surface area contributed by atoms with E-state index in [1.54, 1.807) is 91.4 Å². The molecule has 0 radical (unpaired) electrons. The third-order valence-electron chi connectivity index (χ3n) is 27.4. The minimum absolute atomic E-state index is 0.104. The molecule has 5 unspecified atom stereocenters. The number of fused-ring (bicyclic) bond motifs is 9. The van der Waals surface area contributed by atoms with Gasteiger partial charge >= 0.3 is 5.97 Å². The minimum atomic E-state index is -0.104. The number of ketones is 1. The quantitative estimate of drug-likeness (QED) is 0.0201. The van der Waals surface area contributed by atoms with Crippen molar-refractivity contribution in [3.05, 3.63) is 252 Å². The first-order valence-electron chi connectivity index (χ1n) is 48.5. The monoisotopic (exact) mass is 1960 g/mol. The molecule has 0 spiro atoms. The first-order chi connectivity index (χ1) is 67.8. The highest BCUT2D eigenvalue weighted by atomic mass is 79.9. The van der Waals surface area contributed by atoms with Crippen LogP contribution in [0.3, 0.4) is 0 Å². The van der Waals surface area contributed by atoms with Gasteiger partial charge in [0.05, 0.1) is 130 Å². The fourth-order valence-corrected chi connectivity index (χ4v) is 21.0. The summed E-state index contributed by atoms with van der Waals surface area (Å²) in [7, 11) is 22.8. The van der Waals surface area contributed by atoms with Crippen molar-refractivity contribution in [2.75, 3.05) is 138 Å². The second-order valence-corrected chi connectivity index (χ2v) is 35.8. The summed E-state index contributed by atoms with van der Waals surface area (Å²) in [6.45, 7) is 4.56. The van der Waals surface area contributed by atoms with Crippen LogP contribution in [-0.4, -0.2) is 155 Å². The smallest absolute Gasteiger partial charge is 0.306 e. The number of ether oxygens (including phenoxy) is 15. The third kappa shape index (κ3) is 27.9. The minimum Gasteiger partial charge on any atom is -0.497 e. The van der Waals surface area contributed by atoms with Crippen molar-refractivity contribution >= 4 is 44.4 Å². The zero-order valence-corrected chi connectivity index (χ0v) is 85.7. The number of nitrogens with two attached hydrogens (primary N) is 3. The number of hydrogen-bond acceptors (Lipinski definition) is 23. The third-order valence-corrected chi connectivity index (χ3v) is 27.8. The molecule has 18 rings (SSSR count). The summed E-state index contributed by atoms with van der Waals surface area (Å²) in [5.74, 6) is 13.1. The number of methoxy groups -OCH3 is 14. The molecule has 0 saturated carbocycles. The highest BCUT2D eigenvalue weighted by molar-refractivity contribution is 9.09. The molecule has 23 nitrogen and oxygen atoms in total. The molecule has 9 aliphatic rings. The summed E-state index contributed by atoms with van der Waals surface area (Å²) < 4.78 is 79.3. The van der Waals surface area contributed by atoms with E-state index in [9.17, 15) is 9.59 Å². The van der Waals surface area contributed by atoms with Crippen LogP contribution in [0.5, 0.6) is 80.5 Å². The Balaban J connectivity index is 0.000000161. The van der Waals surface area contributed by atoms with E-state index in [1.165, 1.54) is 155 Å². The number of hydrogen-bond donors (Lipinski definition) is 4. The van der Waals surface area contributed by atoms with Crippen molar-refractivity contribution in [3.63, 3.8) is 0 Å². The average Bonchev–Trinajstić information content (AvgIpc) is 1.65. The van der Waals surface area contributed by atoms with Gasteiger partial charge in [-0.1, -0.05) is 82.7 Å². The van der Waals surface area contributed by atoms with Crippen LogP contribution < -0.4 is 83.5 Å². The Hall–Kier alpha value is -12.2. The SMILES string of the molecule is CCOC(=O)CC1CCc2ccc(OC)cc21.COc1cc2c(c(OC)c1OC)/C(=C/C#N)CC2.COc1cc2c(c(OC)c1OC)/C(=C/CN)CC2.COc1cc2c(c(OC)c1OC)C(=O)CC2.COc1ccc2c(c1)C(CCBr)CC2.COc1ccc2c(c1)C(CCC#N)CC2.COc1ccc2c(c1)C(CCCN)CC2.COc1ccc2c(c1)C(CCO)CC2.NC/C=C1\CCc2ccccc21. The predicted octanol–water partition coefficient (Wildman–Crippen LogP) is 22.2. The number of alkyl halides is 1. The molecular weight excluding hydrogens is 1820 g/mol. The summed E-state index contributed by atoms with van der Waals surface area (Å²) in [6.07, 6.45) is 31.4. The number of rotatable bonds is 28. The van der Waals surface area contributed by atoms with Crippen molar-refractivity contribution in [2.45, 2.75) is 197 Å². The number of aryl methyl sites for hydroxylation is 9. The van der Waals surface area contributed by atoms with E-state index >= 15 is 0 Å². The number of Topliss-reactive ketones (excluding diaryl/α,β-unsaturated/α-hetero) is 1. The summed E-state index contributed by atoms with van der Waals surface area (Å²) in [4.78, 5) is 23.2. The molecule has 0 amide bonds. The highest BCUT2D eigenvalue weighted by Gasteiger charge is 2.34. The van der Waals surface area contributed by atoms with Gasteiger partial charge in [0.25, 0.3) is 0 Å². The van der Waals surface area contributed by atoms with Crippen LogP contribution >= 0.6 is 15.9 Å². The molecule has 9 aromatic carbocycles. The Morgan fingerprint density at radius 1 is 0.388 bits per heavy atom. The largest absolute Gasteiger partial charge is 0.497 e. The first-order valence-corrected chi connectivity index (χ1v) is 49.6. The van der Waals surface area contributed by atoms with E-state index in [1.807, 2.05) is 55.5 Å². The molecule has 0 saturated heterocycles. The summed E-state index contributed by atoms with van der Waals surface area (Å²) in [6, 6.07) is 50.3. The van der Waals surface area contributed by atoms with Gasteiger partial charge in [-0.2, -0.15) is 10.5 Å². The maximum atomic E-state index is 11.7. The second-order valence-electron chi connectivity index (χ2n) is 35.0. The van der Waals surface area contributed by atoms with Gasteiger partial charge in [0.2, 0.25) is 17.2 Å². The van der Waals surface area contributed by atoms with Crippen molar-refractivity contribution in [2.24, 2.45) is 17.2 Å². The number of aliphatic hydroxyl groups is 1. The number of carbonyl (C=O) groups excluding carboxylic acids is 2. The second kappa shape index (κ2) is 56.2. The highest BCUT2D eigenvalue weighted by Crippen LogP contribution is 2.52. The number of benzene rings is 9. The number of aliphatic hydroxyl groups excluding tert-OH is 1. The van der Waals surface area contributed by atoms with Crippen molar-refractivity contribution in [1.29, 1.82) is 10.5 Å². The molecule has 0 heterocycles. The number of allylic oxidation sites excluding steroid dienone is 4. The van der Waals surface area contributed by atoms with Crippen LogP contribution in [0.4, 0.5) is 0 Å². The molecular formula is C115H144BrN5O18. The van der Waals surface area contributed by atoms with Crippen LogP contribution in [0.25, 0.3) is 16.7 Å². The van der Waals surface area contributed by atoms with Gasteiger partial charge in [0.1, 0.15) is 28.7 Å². The van der Waals surface area contributed by atoms with Gasteiger partial charge in [-0.05, 0) is 363 Å². The number of halogens is 1. The van der Waals surface area contributed by atoms with E-state index in [4.69, 9.17) is 104 Å². The van der Waals surface area contributed by atoms with E-state index in [0.29, 0.717) is 114 Å². The Labute approximate surface area is 832 Å². The van der Waals surface area contributed by atoms with Crippen LogP contribution in [0.1, 0.15) is 244 Å². The van der Waals surface area contributed by atoms with Gasteiger partial charge in [0.15, 0.2) is 40.3 Å². The van der Waals surface area contributed by atoms with E-state index < -0.39 is 0 Å². The predicted molar refractivity (Wildman–Crippen MR) is 555 cm³/mol. The molecule has 0 bridgehead atoms. The Bertz CT molecular complexity index is 5680. The average molecular weight is 1960 g/mol. The lowest BCUT2D eigenvalue weighted by Crippen LogP contribution is -2.08.